The normalized spacial score (nSPS) is 45.0. The van der Waals surface area contributed by atoms with Gasteiger partial charge in [0.25, 0.3) is 0 Å². The zero-order valence-electron chi connectivity index (χ0n) is 13.0. The minimum atomic E-state index is -0.201. The highest BCUT2D eigenvalue weighted by molar-refractivity contribution is 6.47. The molecule has 0 radical (unpaired) electrons. The van der Waals surface area contributed by atoms with Gasteiger partial charge < -0.3 is 15.0 Å². The first-order chi connectivity index (χ1) is 8.75. The van der Waals surface area contributed by atoms with Crippen LogP contribution in [0, 0.1) is 23.2 Å². The third-order valence-electron chi connectivity index (χ3n) is 6.06. The van der Waals surface area contributed by atoms with E-state index >= 15 is 0 Å². The number of rotatable bonds is 3. The van der Waals surface area contributed by atoms with E-state index in [0.29, 0.717) is 17.3 Å². The molecule has 2 N–H and O–H groups in total. The maximum atomic E-state index is 6.35. The molecule has 1 saturated heterocycles. The smallest absolute Gasteiger partial charge is 0.404 e. The first-order valence-corrected chi connectivity index (χ1v) is 7.84. The Morgan fingerprint density at radius 1 is 1.26 bits per heavy atom. The second-order valence-electron chi connectivity index (χ2n) is 8.13. The lowest BCUT2D eigenvalue weighted by atomic mass is 9.43. The van der Waals surface area contributed by atoms with Gasteiger partial charge in [0.05, 0.1) is 11.7 Å². The minimum absolute atomic E-state index is 0.00253. The van der Waals surface area contributed by atoms with Crippen LogP contribution in [0.4, 0.5) is 0 Å². The average molecular weight is 265 g/mol. The maximum absolute atomic E-state index is 6.35. The van der Waals surface area contributed by atoms with Gasteiger partial charge in [0.15, 0.2) is 0 Å². The van der Waals surface area contributed by atoms with Crippen molar-refractivity contribution in [2.24, 2.45) is 28.9 Å². The summed E-state index contributed by atoms with van der Waals surface area (Å²) in [6.07, 6.45) is 3.67. The Morgan fingerprint density at radius 3 is 2.53 bits per heavy atom. The van der Waals surface area contributed by atoms with Crippen LogP contribution < -0.4 is 5.73 Å². The third-order valence-corrected chi connectivity index (χ3v) is 6.06. The molecule has 2 unspecified atom stereocenters. The quantitative estimate of drug-likeness (QED) is 0.798. The zero-order valence-corrected chi connectivity index (χ0v) is 13.0. The molecule has 0 aromatic carbocycles. The van der Waals surface area contributed by atoms with Gasteiger partial charge in [-0.3, -0.25) is 0 Å². The van der Waals surface area contributed by atoms with Crippen LogP contribution in [0.1, 0.15) is 53.9 Å². The average Bonchev–Trinajstić information content (AvgIpc) is 2.64. The summed E-state index contributed by atoms with van der Waals surface area (Å²) in [5.41, 5.74) is 6.56. The van der Waals surface area contributed by atoms with E-state index in [1.807, 2.05) is 0 Å². The van der Waals surface area contributed by atoms with Crippen LogP contribution in [0.3, 0.4) is 0 Å². The molecule has 0 spiro atoms. The van der Waals surface area contributed by atoms with E-state index in [1.165, 1.54) is 6.42 Å². The van der Waals surface area contributed by atoms with Crippen molar-refractivity contribution >= 4 is 7.12 Å². The molecule has 0 aromatic heterocycles. The molecule has 1 heterocycles. The summed E-state index contributed by atoms with van der Waals surface area (Å²) in [5, 5.41) is 0. The Labute approximate surface area is 117 Å². The topological polar surface area (TPSA) is 44.5 Å². The van der Waals surface area contributed by atoms with Gasteiger partial charge in [0, 0.05) is 5.94 Å². The lowest BCUT2D eigenvalue weighted by Crippen LogP contribution is -2.65. The molecular formula is C15H28BNO2. The van der Waals surface area contributed by atoms with Gasteiger partial charge in [0.2, 0.25) is 0 Å². The summed E-state index contributed by atoms with van der Waals surface area (Å²) in [6, 6.07) is 0. The Kier molecular flexibility index (Phi) is 3.09. The van der Waals surface area contributed by atoms with Crippen molar-refractivity contribution in [2.45, 2.75) is 71.5 Å². The van der Waals surface area contributed by atoms with Gasteiger partial charge in [-0.2, -0.15) is 0 Å². The number of hydrogen-bond donors (Lipinski definition) is 1. The van der Waals surface area contributed by atoms with Crippen molar-refractivity contribution in [3.63, 3.8) is 0 Å². The molecule has 19 heavy (non-hydrogen) atoms. The van der Waals surface area contributed by atoms with Gasteiger partial charge >= 0.3 is 7.12 Å². The Balaban J connectivity index is 1.74. The highest BCUT2D eigenvalue weighted by Gasteiger charge is 2.68. The molecule has 3 nitrogen and oxygen atoms in total. The van der Waals surface area contributed by atoms with Crippen LogP contribution in [-0.2, 0) is 9.31 Å². The monoisotopic (exact) mass is 265 g/mol. The molecule has 4 rings (SSSR count). The van der Waals surface area contributed by atoms with E-state index in [0.717, 1.165) is 18.8 Å². The lowest BCUT2D eigenvalue weighted by Gasteiger charge is -2.64. The molecule has 108 valence electrons. The van der Waals surface area contributed by atoms with Crippen molar-refractivity contribution in [2.75, 3.05) is 0 Å². The summed E-state index contributed by atoms with van der Waals surface area (Å²) in [6.45, 7) is 11.4. The van der Waals surface area contributed by atoms with Crippen molar-refractivity contribution in [1.29, 1.82) is 0 Å². The first kappa shape index (κ1) is 13.9. The van der Waals surface area contributed by atoms with Gasteiger partial charge in [-0.15, -0.1) is 0 Å². The van der Waals surface area contributed by atoms with Gasteiger partial charge in [-0.25, -0.2) is 0 Å². The van der Waals surface area contributed by atoms with E-state index in [-0.39, 0.29) is 24.8 Å². The van der Waals surface area contributed by atoms with E-state index in [2.05, 4.69) is 34.6 Å². The van der Waals surface area contributed by atoms with E-state index in [4.69, 9.17) is 15.0 Å². The highest BCUT2D eigenvalue weighted by atomic mass is 16.7. The summed E-state index contributed by atoms with van der Waals surface area (Å²) < 4.78 is 12.5. The fraction of sp³-hybridized carbons (Fsp3) is 1.00. The van der Waals surface area contributed by atoms with Crippen molar-refractivity contribution < 1.29 is 9.31 Å². The van der Waals surface area contributed by atoms with Crippen LogP contribution in [0.15, 0.2) is 0 Å². The van der Waals surface area contributed by atoms with E-state index < -0.39 is 0 Å². The lowest BCUT2D eigenvalue weighted by molar-refractivity contribution is -0.199. The Hall–Kier alpha value is -0.0551. The molecule has 4 aliphatic rings. The summed E-state index contributed by atoms with van der Waals surface area (Å²) in [5.74, 6) is 2.02. The van der Waals surface area contributed by atoms with Crippen LogP contribution in [-0.4, -0.2) is 24.8 Å². The summed E-state index contributed by atoms with van der Waals surface area (Å²) in [7, 11) is -0.201. The summed E-state index contributed by atoms with van der Waals surface area (Å²) in [4.78, 5) is 0. The zero-order chi connectivity index (χ0) is 14.0. The van der Waals surface area contributed by atoms with Crippen LogP contribution >= 0.6 is 0 Å². The summed E-state index contributed by atoms with van der Waals surface area (Å²) >= 11 is 0. The fourth-order valence-electron chi connectivity index (χ4n) is 4.74. The van der Waals surface area contributed by atoms with Crippen LogP contribution in [0.2, 0.25) is 0 Å². The van der Waals surface area contributed by atoms with Crippen molar-refractivity contribution in [1.82, 2.24) is 0 Å². The number of hydrogen-bond acceptors (Lipinski definition) is 3. The largest absolute Gasteiger partial charge is 0.475 e. The molecule has 4 fully saturated rings. The Morgan fingerprint density at radius 2 is 1.95 bits per heavy atom. The van der Waals surface area contributed by atoms with Crippen LogP contribution in [0.25, 0.3) is 0 Å². The molecule has 4 heteroatoms. The molecule has 2 bridgehead atoms. The Bertz CT molecular complexity index is 373. The molecular weight excluding hydrogens is 237 g/mol. The first-order valence-electron chi connectivity index (χ1n) is 7.84. The minimum Gasteiger partial charge on any atom is -0.404 e. The predicted octanol–water partition coefficient (Wildman–Crippen LogP) is 2.63. The van der Waals surface area contributed by atoms with Gasteiger partial charge in [-0.1, -0.05) is 27.7 Å². The van der Waals surface area contributed by atoms with E-state index in [9.17, 15) is 0 Å². The van der Waals surface area contributed by atoms with Crippen molar-refractivity contribution in [3.8, 4) is 0 Å². The second kappa shape index (κ2) is 4.22. The molecule has 0 aromatic rings. The molecule has 3 saturated carbocycles. The molecule has 3 aliphatic carbocycles. The van der Waals surface area contributed by atoms with Crippen molar-refractivity contribution in [3.05, 3.63) is 0 Å². The second-order valence-corrected chi connectivity index (χ2v) is 8.13. The molecule has 5 atom stereocenters. The maximum Gasteiger partial charge on any atom is 0.475 e. The fourth-order valence-corrected chi connectivity index (χ4v) is 4.74. The molecule has 0 amide bonds. The predicted molar refractivity (Wildman–Crippen MR) is 77.5 cm³/mol. The standard InChI is InChI=1S/C15H28BNO2/c1-9(2)6-13(17)16-18-12-8-10-7-11(14(10,3)4)15(12,5)19-16/h9-13H,6-8,17H2,1-5H3/t10-,11-,12?,13?,15-/m0/s1. The SMILES string of the molecule is CC(C)CC(N)B1OC2C[C@@H]3C[C@@H](C3(C)C)[C@]2(C)O1. The number of nitrogens with two attached hydrogens (primary N) is 1. The van der Waals surface area contributed by atoms with Gasteiger partial charge in [-0.05, 0) is 49.4 Å². The van der Waals surface area contributed by atoms with Gasteiger partial charge in [0.1, 0.15) is 0 Å². The van der Waals surface area contributed by atoms with Crippen LogP contribution in [0.5, 0.6) is 0 Å². The van der Waals surface area contributed by atoms with E-state index in [1.54, 1.807) is 0 Å². The molecule has 1 aliphatic heterocycles. The highest BCUT2D eigenvalue weighted by Crippen LogP contribution is 2.65. The third kappa shape index (κ3) is 1.90.